The van der Waals surface area contributed by atoms with Gasteiger partial charge in [0.05, 0.1) is 12.2 Å². The summed E-state index contributed by atoms with van der Waals surface area (Å²) in [7, 11) is 0. The minimum atomic E-state index is -4.80. The van der Waals surface area contributed by atoms with Crippen LogP contribution in [0.3, 0.4) is 0 Å². The molecule has 2 aliphatic rings. The summed E-state index contributed by atoms with van der Waals surface area (Å²) in [5, 5.41) is 9.64. The predicted molar refractivity (Wildman–Crippen MR) is 79.4 cm³/mol. The number of anilines is 1. The fraction of sp³-hybridized carbons (Fsp3) is 0.562. The van der Waals surface area contributed by atoms with Crippen molar-refractivity contribution >= 4 is 11.6 Å². The molecule has 0 aromatic heterocycles. The van der Waals surface area contributed by atoms with E-state index >= 15 is 0 Å². The number of nitrogens with zero attached hydrogens (tertiary/aromatic N) is 2. The first-order valence-corrected chi connectivity index (χ1v) is 7.84. The van der Waals surface area contributed by atoms with Crippen LogP contribution in [0.5, 0.6) is 0 Å². The van der Waals surface area contributed by atoms with E-state index in [9.17, 15) is 27.5 Å². The normalized spacial score (nSPS) is 24.7. The Kier molecular flexibility index (Phi) is 4.19. The highest BCUT2D eigenvalue weighted by Crippen LogP contribution is 2.38. The highest BCUT2D eigenvalue weighted by Gasteiger charge is 2.57. The molecule has 2 fully saturated rings. The van der Waals surface area contributed by atoms with Crippen molar-refractivity contribution in [3.8, 4) is 0 Å². The molecule has 3 rings (SSSR count). The lowest BCUT2D eigenvalue weighted by molar-refractivity contribution is -0.253. The van der Waals surface area contributed by atoms with E-state index in [0.717, 1.165) is 36.9 Å². The van der Waals surface area contributed by atoms with Gasteiger partial charge in [-0.15, -0.1) is 0 Å². The smallest absolute Gasteiger partial charge is 0.379 e. The van der Waals surface area contributed by atoms with Gasteiger partial charge in [0.2, 0.25) is 0 Å². The van der Waals surface area contributed by atoms with Crippen molar-refractivity contribution in [3.05, 3.63) is 29.6 Å². The van der Waals surface area contributed by atoms with Gasteiger partial charge in [0.1, 0.15) is 5.82 Å². The van der Waals surface area contributed by atoms with Crippen LogP contribution in [0.1, 0.15) is 29.6 Å². The van der Waals surface area contributed by atoms with Crippen molar-refractivity contribution < 1.29 is 27.5 Å². The molecule has 2 heterocycles. The Morgan fingerprint density at radius 1 is 1.17 bits per heavy atom. The van der Waals surface area contributed by atoms with Crippen LogP contribution >= 0.6 is 0 Å². The lowest BCUT2D eigenvalue weighted by Crippen LogP contribution is -2.48. The van der Waals surface area contributed by atoms with Gasteiger partial charge in [-0.2, -0.15) is 13.2 Å². The quantitative estimate of drug-likeness (QED) is 0.837. The van der Waals surface area contributed by atoms with Gasteiger partial charge >= 0.3 is 6.18 Å². The molecule has 2 aliphatic heterocycles. The first kappa shape index (κ1) is 17.0. The zero-order valence-corrected chi connectivity index (χ0v) is 12.9. The van der Waals surface area contributed by atoms with E-state index in [1.165, 1.54) is 12.1 Å². The first-order valence-electron chi connectivity index (χ1n) is 7.84. The maximum atomic E-state index is 14.2. The molecule has 1 atom stereocenters. The van der Waals surface area contributed by atoms with E-state index in [4.69, 9.17) is 0 Å². The molecule has 1 aromatic carbocycles. The summed E-state index contributed by atoms with van der Waals surface area (Å²) >= 11 is 0. The van der Waals surface area contributed by atoms with Gasteiger partial charge in [-0.25, -0.2) is 4.39 Å². The highest BCUT2D eigenvalue weighted by atomic mass is 19.4. The van der Waals surface area contributed by atoms with Crippen LogP contribution in [-0.4, -0.2) is 53.9 Å². The van der Waals surface area contributed by atoms with Gasteiger partial charge < -0.3 is 14.9 Å². The molecule has 2 saturated heterocycles. The Balaban J connectivity index is 1.75. The highest BCUT2D eigenvalue weighted by molar-refractivity contribution is 5.95. The number of carbonyl (C=O) groups excluding carboxylic acids is 1. The molecule has 24 heavy (non-hydrogen) atoms. The van der Waals surface area contributed by atoms with E-state index in [1.54, 1.807) is 0 Å². The monoisotopic (exact) mass is 346 g/mol. The van der Waals surface area contributed by atoms with Crippen LogP contribution in [0.15, 0.2) is 18.2 Å². The lowest BCUT2D eigenvalue weighted by atomic mass is 10.0. The van der Waals surface area contributed by atoms with Gasteiger partial charge in [-0.3, -0.25) is 4.79 Å². The Labute approximate surface area is 136 Å². The number of halogens is 4. The number of hydrogen-bond acceptors (Lipinski definition) is 3. The average Bonchev–Trinajstić information content (AvgIpc) is 3.16. The molecular formula is C16H18F4N2O2. The third-order valence-corrected chi connectivity index (χ3v) is 4.70. The second-order valence-corrected chi connectivity index (χ2v) is 6.37. The van der Waals surface area contributed by atoms with Crippen molar-refractivity contribution in [1.82, 2.24) is 4.90 Å². The number of β-amino-alcohol motifs (C(OH)–C–C–N with tert-alkyl or cyclic N) is 1. The molecule has 1 N–H and O–H groups in total. The third-order valence-electron chi connectivity index (χ3n) is 4.70. The topological polar surface area (TPSA) is 43.8 Å². The first-order chi connectivity index (χ1) is 11.2. The molecular weight excluding hydrogens is 328 g/mol. The zero-order chi connectivity index (χ0) is 17.5. The second kappa shape index (κ2) is 5.91. The number of likely N-dealkylation sites (tertiary alicyclic amines) is 1. The molecule has 0 spiro atoms. The van der Waals surface area contributed by atoms with Gasteiger partial charge in [0.25, 0.3) is 5.91 Å². The van der Waals surface area contributed by atoms with Crippen molar-refractivity contribution in [3.63, 3.8) is 0 Å². The molecule has 0 radical (unpaired) electrons. The van der Waals surface area contributed by atoms with Crippen LogP contribution in [0, 0.1) is 5.82 Å². The lowest BCUT2D eigenvalue weighted by Gasteiger charge is -2.26. The van der Waals surface area contributed by atoms with Gasteiger partial charge in [0, 0.05) is 31.6 Å². The van der Waals surface area contributed by atoms with E-state index in [-0.39, 0.29) is 12.1 Å². The van der Waals surface area contributed by atoms with Crippen LogP contribution in [0.2, 0.25) is 0 Å². The summed E-state index contributed by atoms with van der Waals surface area (Å²) in [6.07, 6.45) is -3.42. The standard InChI is InChI=1S/C16H18F4N2O2/c17-12-9-11(3-4-13(12)21-6-1-2-7-21)14(23)22-8-5-15(24,10-22)16(18,19)20/h3-4,9,24H,1-2,5-8,10H2. The predicted octanol–water partition coefficient (Wildman–Crippen LogP) is 2.57. The number of hydrogen-bond donors (Lipinski definition) is 1. The molecule has 0 bridgehead atoms. The maximum Gasteiger partial charge on any atom is 0.419 e. The maximum absolute atomic E-state index is 14.2. The van der Waals surface area contributed by atoms with Gasteiger partial charge in [0.15, 0.2) is 5.60 Å². The fourth-order valence-corrected chi connectivity index (χ4v) is 3.24. The van der Waals surface area contributed by atoms with Crippen molar-refractivity contribution in [2.45, 2.75) is 31.0 Å². The zero-order valence-electron chi connectivity index (χ0n) is 12.9. The summed E-state index contributed by atoms with van der Waals surface area (Å²) in [4.78, 5) is 15.1. The summed E-state index contributed by atoms with van der Waals surface area (Å²) in [5.74, 6) is -1.27. The minimum Gasteiger partial charge on any atom is -0.379 e. The average molecular weight is 346 g/mol. The molecule has 4 nitrogen and oxygen atoms in total. The summed E-state index contributed by atoms with van der Waals surface area (Å²) < 4.78 is 52.7. The SMILES string of the molecule is O=C(c1ccc(N2CCCC2)c(F)c1)N1CCC(O)(C(F)(F)F)C1. The third kappa shape index (κ3) is 2.94. The minimum absolute atomic E-state index is 0.0122. The number of carbonyl (C=O) groups is 1. The Bertz CT molecular complexity index is 643. The summed E-state index contributed by atoms with van der Waals surface area (Å²) in [6, 6.07) is 3.96. The number of alkyl halides is 3. The molecule has 1 aromatic rings. The van der Waals surface area contributed by atoms with E-state index in [2.05, 4.69) is 0 Å². The van der Waals surface area contributed by atoms with Gasteiger partial charge in [-0.1, -0.05) is 0 Å². The van der Waals surface area contributed by atoms with Crippen molar-refractivity contribution in [2.24, 2.45) is 0 Å². The molecule has 1 amide bonds. The Hall–Kier alpha value is -1.83. The Morgan fingerprint density at radius 2 is 1.83 bits per heavy atom. The van der Waals surface area contributed by atoms with E-state index in [0.29, 0.717) is 5.69 Å². The van der Waals surface area contributed by atoms with E-state index < -0.39 is 36.5 Å². The number of amides is 1. The molecule has 132 valence electrons. The van der Waals surface area contributed by atoms with Crippen molar-refractivity contribution in [1.29, 1.82) is 0 Å². The van der Waals surface area contributed by atoms with Crippen LogP contribution in [0.4, 0.5) is 23.2 Å². The molecule has 0 saturated carbocycles. The summed E-state index contributed by atoms with van der Waals surface area (Å²) in [5.41, 5.74) is -2.50. The molecule has 8 heteroatoms. The number of rotatable bonds is 2. The Morgan fingerprint density at radius 3 is 2.38 bits per heavy atom. The van der Waals surface area contributed by atoms with Crippen LogP contribution in [-0.2, 0) is 0 Å². The summed E-state index contributed by atoms with van der Waals surface area (Å²) in [6.45, 7) is 0.444. The van der Waals surface area contributed by atoms with Gasteiger partial charge in [-0.05, 0) is 31.0 Å². The van der Waals surface area contributed by atoms with Crippen LogP contribution in [0.25, 0.3) is 0 Å². The number of aliphatic hydroxyl groups is 1. The van der Waals surface area contributed by atoms with Crippen LogP contribution < -0.4 is 4.90 Å². The molecule has 1 unspecified atom stereocenters. The molecule has 0 aliphatic carbocycles. The van der Waals surface area contributed by atoms with E-state index in [1.807, 2.05) is 4.90 Å². The second-order valence-electron chi connectivity index (χ2n) is 6.37. The number of benzene rings is 1. The van der Waals surface area contributed by atoms with Crippen molar-refractivity contribution in [2.75, 3.05) is 31.1 Å². The largest absolute Gasteiger partial charge is 0.419 e. The fourth-order valence-electron chi connectivity index (χ4n) is 3.24.